The fraction of sp³-hybridized carbons (Fsp3) is 0.467. The molecule has 0 amide bonds. The largest absolute Gasteiger partial charge is 0.399 e. The van der Waals surface area contributed by atoms with E-state index in [1.807, 2.05) is 31.2 Å². The molecule has 1 atom stereocenters. The Morgan fingerprint density at radius 3 is 3.00 bits per heavy atom. The summed E-state index contributed by atoms with van der Waals surface area (Å²) in [6.07, 6.45) is 3.76. The maximum absolute atomic E-state index is 5.83. The predicted octanol–water partition coefficient (Wildman–Crippen LogP) is 2.66. The molecule has 1 unspecified atom stereocenters. The first-order valence-electron chi connectivity index (χ1n) is 6.97. The van der Waals surface area contributed by atoms with Crippen LogP contribution in [-0.2, 0) is 16.8 Å². The molecule has 0 saturated carbocycles. The number of rotatable bonds is 3. The zero-order valence-electron chi connectivity index (χ0n) is 11.6. The number of ether oxygens (including phenoxy) is 1. The van der Waals surface area contributed by atoms with Crippen LogP contribution in [0.4, 0.5) is 5.69 Å². The molecule has 1 aromatic heterocycles. The third-order valence-electron chi connectivity index (χ3n) is 3.72. The lowest BCUT2D eigenvalue weighted by atomic mass is 9.95. The van der Waals surface area contributed by atoms with Gasteiger partial charge in [0.2, 0.25) is 11.7 Å². The van der Waals surface area contributed by atoms with Gasteiger partial charge < -0.3 is 15.0 Å². The third kappa shape index (κ3) is 2.67. The summed E-state index contributed by atoms with van der Waals surface area (Å²) in [4.78, 5) is 4.49. The van der Waals surface area contributed by atoms with Crippen molar-refractivity contribution in [3.05, 3.63) is 41.5 Å². The van der Waals surface area contributed by atoms with Crippen LogP contribution in [0.2, 0.25) is 0 Å². The van der Waals surface area contributed by atoms with E-state index >= 15 is 0 Å². The Morgan fingerprint density at radius 1 is 1.35 bits per heavy atom. The summed E-state index contributed by atoms with van der Waals surface area (Å²) in [5, 5.41) is 4.09. The summed E-state index contributed by atoms with van der Waals surface area (Å²) < 4.78 is 11.2. The topological polar surface area (TPSA) is 74.2 Å². The molecule has 1 aliphatic rings. The normalized spacial score (nSPS) is 22.9. The molecule has 0 bridgehead atoms. The van der Waals surface area contributed by atoms with E-state index < -0.39 is 5.60 Å². The lowest BCUT2D eigenvalue weighted by molar-refractivity contribution is -0.0770. The Labute approximate surface area is 118 Å². The second-order valence-electron chi connectivity index (χ2n) is 5.47. The van der Waals surface area contributed by atoms with Gasteiger partial charge >= 0.3 is 0 Å². The van der Waals surface area contributed by atoms with Crippen LogP contribution >= 0.6 is 0 Å². The maximum atomic E-state index is 5.83. The van der Waals surface area contributed by atoms with Crippen LogP contribution in [0, 0.1) is 0 Å². The standard InChI is InChI=1S/C15H19N3O2/c1-15(7-2-3-8-19-15)14-17-13(20-18-14)10-11-5-4-6-12(16)9-11/h4-6,9H,2-3,7-8,10,16H2,1H3. The van der Waals surface area contributed by atoms with E-state index in [2.05, 4.69) is 10.1 Å². The van der Waals surface area contributed by atoms with Gasteiger partial charge in [0.05, 0.1) is 6.42 Å². The first-order chi connectivity index (χ1) is 9.66. The molecule has 106 valence electrons. The molecule has 1 saturated heterocycles. The van der Waals surface area contributed by atoms with Gasteiger partial charge in [0, 0.05) is 12.3 Å². The van der Waals surface area contributed by atoms with Crippen LogP contribution in [0.1, 0.15) is 43.5 Å². The van der Waals surface area contributed by atoms with Gasteiger partial charge in [0.15, 0.2) is 0 Å². The molecule has 1 aromatic carbocycles. The zero-order valence-corrected chi connectivity index (χ0v) is 11.6. The summed E-state index contributed by atoms with van der Waals surface area (Å²) in [5.41, 5.74) is 7.17. The molecular formula is C15H19N3O2. The van der Waals surface area contributed by atoms with Gasteiger partial charge in [-0.15, -0.1) is 0 Å². The van der Waals surface area contributed by atoms with Gasteiger partial charge in [-0.05, 0) is 43.9 Å². The summed E-state index contributed by atoms with van der Waals surface area (Å²) in [6, 6.07) is 7.70. The van der Waals surface area contributed by atoms with Crippen molar-refractivity contribution in [3.63, 3.8) is 0 Å². The van der Waals surface area contributed by atoms with Crippen LogP contribution in [0.3, 0.4) is 0 Å². The summed E-state index contributed by atoms with van der Waals surface area (Å²) >= 11 is 0. The van der Waals surface area contributed by atoms with E-state index in [9.17, 15) is 0 Å². The van der Waals surface area contributed by atoms with Crippen molar-refractivity contribution >= 4 is 5.69 Å². The molecular weight excluding hydrogens is 254 g/mol. The number of benzene rings is 1. The quantitative estimate of drug-likeness (QED) is 0.870. The van der Waals surface area contributed by atoms with Crippen LogP contribution in [0.25, 0.3) is 0 Å². The number of nitrogens with zero attached hydrogens (tertiary/aromatic N) is 2. The Kier molecular flexibility index (Phi) is 3.44. The van der Waals surface area contributed by atoms with E-state index in [0.717, 1.165) is 37.1 Å². The minimum absolute atomic E-state index is 0.407. The number of nitrogens with two attached hydrogens (primary N) is 1. The van der Waals surface area contributed by atoms with Gasteiger partial charge in [-0.3, -0.25) is 0 Å². The Bertz CT molecular complexity index is 588. The molecule has 1 aliphatic heterocycles. The van der Waals surface area contributed by atoms with Gasteiger partial charge in [0.1, 0.15) is 5.60 Å². The van der Waals surface area contributed by atoms with Crippen LogP contribution in [0.15, 0.2) is 28.8 Å². The maximum Gasteiger partial charge on any atom is 0.231 e. The summed E-state index contributed by atoms with van der Waals surface area (Å²) in [6.45, 7) is 2.79. The molecule has 2 aromatic rings. The monoisotopic (exact) mass is 273 g/mol. The van der Waals surface area contributed by atoms with E-state index in [4.69, 9.17) is 15.0 Å². The molecule has 20 heavy (non-hydrogen) atoms. The SMILES string of the molecule is CC1(c2noc(Cc3cccc(N)c3)n2)CCCCO1. The van der Waals surface area contributed by atoms with Gasteiger partial charge in [-0.25, -0.2) is 0 Å². The number of aromatic nitrogens is 2. The van der Waals surface area contributed by atoms with Gasteiger partial charge in [0.25, 0.3) is 0 Å². The highest BCUT2D eigenvalue weighted by Crippen LogP contribution is 2.32. The van der Waals surface area contributed by atoms with E-state index in [0.29, 0.717) is 18.1 Å². The second-order valence-corrected chi connectivity index (χ2v) is 5.47. The summed E-state index contributed by atoms with van der Waals surface area (Å²) in [7, 11) is 0. The molecule has 1 fully saturated rings. The van der Waals surface area contributed by atoms with Crippen molar-refractivity contribution in [2.75, 3.05) is 12.3 Å². The second kappa shape index (κ2) is 5.25. The van der Waals surface area contributed by atoms with Crippen LogP contribution in [0.5, 0.6) is 0 Å². The average molecular weight is 273 g/mol. The fourth-order valence-corrected chi connectivity index (χ4v) is 2.53. The zero-order chi connectivity index (χ0) is 14.0. The molecule has 0 aliphatic carbocycles. The minimum atomic E-state index is -0.407. The van der Waals surface area contributed by atoms with E-state index in [1.54, 1.807) is 0 Å². The lowest BCUT2D eigenvalue weighted by Crippen LogP contribution is -2.31. The van der Waals surface area contributed by atoms with Crippen LogP contribution < -0.4 is 5.73 Å². The molecule has 0 radical (unpaired) electrons. The average Bonchev–Trinajstić information content (AvgIpc) is 2.89. The number of hydrogen-bond acceptors (Lipinski definition) is 5. The minimum Gasteiger partial charge on any atom is -0.399 e. The fourth-order valence-electron chi connectivity index (χ4n) is 2.53. The van der Waals surface area contributed by atoms with Crippen molar-refractivity contribution in [1.82, 2.24) is 10.1 Å². The van der Waals surface area contributed by atoms with E-state index in [-0.39, 0.29) is 0 Å². The highest BCUT2D eigenvalue weighted by Gasteiger charge is 2.34. The van der Waals surface area contributed by atoms with Crippen molar-refractivity contribution in [1.29, 1.82) is 0 Å². The Hall–Kier alpha value is -1.88. The van der Waals surface area contributed by atoms with Crippen molar-refractivity contribution in [2.24, 2.45) is 0 Å². The first kappa shape index (κ1) is 13.1. The molecule has 5 nitrogen and oxygen atoms in total. The highest BCUT2D eigenvalue weighted by atomic mass is 16.5. The smallest absolute Gasteiger partial charge is 0.231 e. The van der Waals surface area contributed by atoms with Crippen LogP contribution in [-0.4, -0.2) is 16.7 Å². The molecule has 0 spiro atoms. The first-order valence-corrected chi connectivity index (χ1v) is 6.97. The number of anilines is 1. The lowest BCUT2D eigenvalue weighted by Gasteiger charge is -2.30. The molecule has 5 heteroatoms. The Morgan fingerprint density at radius 2 is 2.25 bits per heavy atom. The third-order valence-corrected chi connectivity index (χ3v) is 3.72. The highest BCUT2D eigenvalue weighted by molar-refractivity contribution is 5.41. The molecule has 2 heterocycles. The predicted molar refractivity (Wildman–Crippen MR) is 75.1 cm³/mol. The van der Waals surface area contributed by atoms with Gasteiger partial charge in [-0.1, -0.05) is 17.3 Å². The Balaban J connectivity index is 1.76. The van der Waals surface area contributed by atoms with Gasteiger partial charge in [-0.2, -0.15) is 4.98 Å². The van der Waals surface area contributed by atoms with Crippen molar-refractivity contribution in [3.8, 4) is 0 Å². The van der Waals surface area contributed by atoms with Crippen molar-refractivity contribution in [2.45, 2.75) is 38.2 Å². The molecule has 3 rings (SSSR count). The molecule has 2 N–H and O–H groups in total. The van der Waals surface area contributed by atoms with E-state index in [1.165, 1.54) is 0 Å². The van der Waals surface area contributed by atoms with Crippen molar-refractivity contribution < 1.29 is 9.26 Å². The number of hydrogen-bond donors (Lipinski definition) is 1. The number of nitrogen functional groups attached to an aromatic ring is 1. The summed E-state index contributed by atoms with van der Waals surface area (Å²) in [5.74, 6) is 1.25.